The van der Waals surface area contributed by atoms with Gasteiger partial charge in [-0.2, -0.15) is 0 Å². The highest BCUT2D eigenvalue weighted by atomic mass is 28.4. The summed E-state index contributed by atoms with van der Waals surface area (Å²) in [6, 6.07) is 4.19. The number of nitrogens with zero attached hydrogens (tertiary/aromatic N) is 2. The number of hydrogen-bond acceptors (Lipinski definition) is 2. The summed E-state index contributed by atoms with van der Waals surface area (Å²) in [4.78, 5) is 4.28. The van der Waals surface area contributed by atoms with E-state index < -0.39 is 8.32 Å². The highest BCUT2D eigenvalue weighted by Gasteiger charge is 2.44. The van der Waals surface area contributed by atoms with Gasteiger partial charge >= 0.3 is 0 Å². The molecule has 0 aliphatic heterocycles. The molecule has 0 radical (unpaired) electrons. The van der Waals surface area contributed by atoms with Crippen LogP contribution in [0.2, 0.25) is 16.6 Å². The first-order chi connectivity index (χ1) is 9.87. The Labute approximate surface area is 129 Å². The second-order valence-corrected chi connectivity index (χ2v) is 12.3. The van der Waals surface area contributed by atoms with E-state index in [0.717, 1.165) is 5.65 Å². The number of aromatic nitrogens is 2. The topological polar surface area (TPSA) is 26.5 Å². The molecule has 3 nitrogen and oxygen atoms in total. The third-order valence-corrected chi connectivity index (χ3v) is 10.7. The summed E-state index contributed by atoms with van der Waals surface area (Å²) in [5.41, 5.74) is 4.07. The molecular weight excluding hydrogens is 276 g/mol. The number of rotatable bonds is 6. The van der Waals surface area contributed by atoms with E-state index in [0.29, 0.717) is 23.2 Å². The molecule has 4 heteroatoms. The van der Waals surface area contributed by atoms with Crippen molar-refractivity contribution in [2.24, 2.45) is 0 Å². The second kappa shape index (κ2) is 6.32. The predicted octanol–water partition coefficient (Wildman–Crippen LogP) is 5.03. The minimum atomic E-state index is -1.79. The van der Waals surface area contributed by atoms with Gasteiger partial charge in [-0.05, 0) is 28.3 Å². The molecular formula is C17H28N2OSi. The van der Waals surface area contributed by atoms with Crippen molar-refractivity contribution in [3.05, 3.63) is 36.3 Å². The summed E-state index contributed by atoms with van der Waals surface area (Å²) in [6.45, 7) is 14.7. The van der Waals surface area contributed by atoms with Crippen LogP contribution in [0.4, 0.5) is 0 Å². The molecule has 0 saturated heterocycles. The van der Waals surface area contributed by atoms with Gasteiger partial charge in [0.25, 0.3) is 0 Å². The van der Waals surface area contributed by atoms with Crippen molar-refractivity contribution in [3.63, 3.8) is 0 Å². The molecule has 0 saturated carbocycles. The normalized spacial score (nSPS) is 13.0. The van der Waals surface area contributed by atoms with E-state index in [1.807, 2.05) is 12.4 Å². The second-order valence-electron chi connectivity index (χ2n) is 6.84. The van der Waals surface area contributed by atoms with Crippen molar-refractivity contribution in [3.8, 4) is 0 Å². The van der Waals surface area contributed by atoms with E-state index in [4.69, 9.17) is 4.43 Å². The van der Waals surface area contributed by atoms with Crippen LogP contribution in [-0.2, 0) is 11.0 Å². The fourth-order valence-electron chi connectivity index (χ4n) is 3.76. The van der Waals surface area contributed by atoms with Gasteiger partial charge in [-0.25, -0.2) is 4.98 Å². The maximum Gasteiger partial charge on any atom is 0.200 e. The molecule has 2 heterocycles. The van der Waals surface area contributed by atoms with Crippen LogP contribution in [0.3, 0.4) is 0 Å². The van der Waals surface area contributed by atoms with Crippen LogP contribution in [-0.4, -0.2) is 17.7 Å². The lowest BCUT2D eigenvalue weighted by Crippen LogP contribution is -2.47. The van der Waals surface area contributed by atoms with Crippen molar-refractivity contribution in [2.45, 2.75) is 64.8 Å². The standard InChI is InChI=1S/C17H28N2OSi/c1-13(2)21(14(3)4,15(5)6)20-12-16-7-8-17-18-9-10-19(17)11-16/h7-11,13-15H,12H2,1-6H3. The predicted molar refractivity (Wildman–Crippen MR) is 91.0 cm³/mol. The van der Waals surface area contributed by atoms with Crippen LogP contribution in [0.25, 0.3) is 5.65 Å². The smallest absolute Gasteiger partial charge is 0.200 e. The summed E-state index contributed by atoms with van der Waals surface area (Å²) >= 11 is 0. The van der Waals surface area contributed by atoms with Crippen LogP contribution in [0.15, 0.2) is 30.7 Å². The Bertz CT molecular complexity index is 567. The average Bonchev–Trinajstić information content (AvgIpc) is 2.85. The first-order valence-corrected chi connectivity index (χ1v) is 10.1. The van der Waals surface area contributed by atoms with Gasteiger partial charge in [-0.1, -0.05) is 47.6 Å². The van der Waals surface area contributed by atoms with Gasteiger partial charge in [0, 0.05) is 18.6 Å². The van der Waals surface area contributed by atoms with E-state index >= 15 is 0 Å². The SMILES string of the molecule is CC(C)[Si](OCc1ccc2nccn2c1)(C(C)C)C(C)C. The molecule has 21 heavy (non-hydrogen) atoms. The van der Waals surface area contributed by atoms with E-state index in [1.165, 1.54) is 5.56 Å². The van der Waals surface area contributed by atoms with Crippen LogP contribution in [0.1, 0.15) is 47.1 Å². The molecule has 0 aliphatic carbocycles. The fraction of sp³-hybridized carbons (Fsp3) is 0.588. The number of hydrogen-bond donors (Lipinski definition) is 0. The Morgan fingerprint density at radius 3 is 2.24 bits per heavy atom. The molecule has 2 aromatic rings. The highest BCUT2D eigenvalue weighted by molar-refractivity contribution is 6.77. The molecule has 0 amide bonds. The van der Waals surface area contributed by atoms with E-state index in [-0.39, 0.29) is 0 Å². The van der Waals surface area contributed by atoms with Crippen LogP contribution in [0.5, 0.6) is 0 Å². The number of pyridine rings is 1. The van der Waals surface area contributed by atoms with Crippen molar-refractivity contribution in [1.82, 2.24) is 9.38 Å². The largest absolute Gasteiger partial charge is 0.412 e. The van der Waals surface area contributed by atoms with Crippen molar-refractivity contribution < 1.29 is 4.43 Å². The third kappa shape index (κ3) is 3.06. The zero-order valence-corrected chi connectivity index (χ0v) is 15.1. The summed E-state index contributed by atoms with van der Waals surface area (Å²) in [5, 5.41) is 0. The fourth-order valence-corrected chi connectivity index (χ4v) is 9.18. The van der Waals surface area contributed by atoms with Gasteiger partial charge in [0.1, 0.15) is 5.65 Å². The van der Waals surface area contributed by atoms with Gasteiger partial charge < -0.3 is 8.83 Å². The molecule has 0 N–H and O–H groups in total. The van der Waals surface area contributed by atoms with E-state index in [1.54, 1.807) is 0 Å². The summed E-state index contributed by atoms with van der Waals surface area (Å²) in [6.07, 6.45) is 5.94. The lowest BCUT2D eigenvalue weighted by Gasteiger charge is -2.42. The van der Waals surface area contributed by atoms with Crippen LogP contribution >= 0.6 is 0 Å². The summed E-state index contributed by atoms with van der Waals surface area (Å²) in [7, 11) is -1.79. The first kappa shape index (κ1) is 16.2. The van der Waals surface area contributed by atoms with Crippen LogP contribution < -0.4 is 0 Å². The Balaban J connectivity index is 2.21. The Morgan fingerprint density at radius 2 is 1.67 bits per heavy atom. The van der Waals surface area contributed by atoms with Gasteiger partial charge in [0.2, 0.25) is 8.32 Å². The zero-order chi connectivity index (χ0) is 15.6. The minimum absolute atomic E-state index is 0.620. The van der Waals surface area contributed by atoms with Gasteiger partial charge in [0.05, 0.1) is 6.61 Å². The van der Waals surface area contributed by atoms with Crippen LogP contribution in [0, 0.1) is 0 Å². The minimum Gasteiger partial charge on any atom is -0.412 e. The maximum absolute atomic E-state index is 6.63. The molecule has 0 spiro atoms. The first-order valence-electron chi connectivity index (χ1n) is 7.93. The molecule has 0 bridgehead atoms. The van der Waals surface area contributed by atoms with Gasteiger partial charge in [-0.15, -0.1) is 0 Å². The van der Waals surface area contributed by atoms with Crippen molar-refractivity contribution in [1.29, 1.82) is 0 Å². The molecule has 0 aliphatic rings. The molecule has 0 atom stereocenters. The van der Waals surface area contributed by atoms with Gasteiger partial charge in [0.15, 0.2) is 0 Å². The number of fused-ring (bicyclic) bond motifs is 1. The van der Waals surface area contributed by atoms with E-state index in [9.17, 15) is 0 Å². The summed E-state index contributed by atoms with van der Waals surface area (Å²) < 4.78 is 8.69. The Kier molecular flexibility index (Phi) is 4.89. The Morgan fingerprint density at radius 1 is 1.05 bits per heavy atom. The van der Waals surface area contributed by atoms with Gasteiger partial charge in [-0.3, -0.25) is 0 Å². The quantitative estimate of drug-likeness (QED) is 0.700. The van der Waals surface area contributed by atoms with Crippen molar-refractivity contribution in [2.75, 3.05) is 0 Å². The molecule has 2 rings (SSSR count). The monoisotopic (exact) mass is 304 g/mol. The number of imidazole rings is 1. The average molecular weight is 305 g/mol. The zero-order valence-electron chi connectivity index (χ0n) is 14.1. The maximum atomic E-state index is 6.63. The molecule has 0 unspecified atom stereocenters. The molecule has 0 aromatic carbocycles. The molecule has 2 aromatic heterocycles. The molecule has 116 valence electrons. The molecule has 0 fully saturated rings. The lowest BCUT2D eigenvalue weighted by atomic mass is 10.3. The third-order valence-electron chi connectivity index (χ3n) is 4.65. The highest BCUT2D eigenvalue weighted by Crippen LogP contribution is 2.42. The Hall–Kier alpha value is -1.13. The van der Waals surface area contributed by atoms with Crippen molar-refractivity contribution >= 4 is 14.0 Å². The van der Waals surface area contributed by atoms with E-state index in [2.05, 4.69) is 69.3 Å². The lowest BCUT2D eigenvalue weighted by molar-refractivity contribution is 0.265. The summed E-state index contributed by atoms with van der Waals surface area (Å²) in [5.74, 6) is 0.